The average molecular weight is 178 g/mol. The van der Waals surface area contributed by atoms with E-state index in [0.717, 1.165) is 4.68 Å². The molecule has 68 valence electrons. The number of nitrogens with one attached hydrogen (secondary N) is 1. The van der Waals surface area contributed by atoms with Crippen molar-refractivity contribution in [2.75, 3.05) is 0 Å². The van der Waals surface area contributed by atoms with Gasteiger partial charge in [-0.15, -0.1) is 0 Å². The van der Waals surface area contributed by atoms with Crippen LogP contribution in [0.1, 0.15) is 6.92 Å². The first-order valence-electron chi connectivity index (χ1n) is 3.75. The molecule has 0 atom stereocenters. The zero-order chi connectivity index (χ0) is 9.68. The zero-order valence-corrected chi connectivity index (χ0v) is 7.27. The molecule has 1 rings (SSSR count). The molecule has 13 heavy (non-hydrogen) atoms. The number of tetrazole rings is 1. The normalized spacial score (nSPS) is 12.2. The molecule has 0 aliphatic carbocycles. The fourth-order valence-electron chi connectivity index (χ4n) is 0.855. The third-order valence-corrected chi connectivity index (χ3v) is 1.34. The molecule has 0 aliphatic heterocycles. The van der Waals surface area contributed by atoms with Gasteiger partial charge in [-0.05, 0) is 29.5 Å². The van der Waals surface area contributed by atoms with Gasteiger partial charge in [0.15, 0.2) is 0 Å². The molecular formula is C8H10N4O. The zero-order valence-electron chi connectivity index (χ0n) is 7.27. The van der Waals surface area contributed by atoms with Gasteiger partial charge in [0, 0.05) is 0 Å². The second-order valence-electron chi connectivity index (χ2n) is 2.25. The maximum atomic E-state index is 11.1. The predicted octanol–water partition coefficient (Wildman–Crippen LogP) is 0.569. The van der Waals surface area contributed by atoms with Gasteiger partial charge in [0.05, 0.1) is 5.70 Å². The summed E-state index contributed by atoms with van der Waals surface area (Å²) < 4.78 is 1.15. The number of aromatic amines is 1. The topological polar surface area (TPSA) is 63.6 Å². The molecule has 0 bridgehead atoms. The van der Waals surface area contributed by atoms with Crippen LogP contribution in [0, 0.1) is 0 Å². The molecule has 0 unspecified atom stereocenters. The summed E-state index contributed by atoms with van der Waals surface area (Å²) >= 11 is 0. The van der Waals surface area contributed by atoms with E-state index in [9.17, 15) is 4.79 Å². The van der Waals surface area contributed by atoms with Crippen molar-refractivity contribution in [3.05, 3.63) is 41.4 Å². The molecule has 5 heteroatoms. The lowest BCUT2D eigenvalue weighted by Gasteiger charge is -1.95. The van der Waals surface area contributed by atoms with E-state index in [-0.39, 0.29) is 5.69 Å². The lowest BCUT2D eigenvalue weighted by molar-refractivity contribution is 0.798. The van der Waals surface area contributed by atoms with E-state index in [1.165, 1.54) is 0 Å². The highest BCUT2D eigenvalue weighted by molar-refractivity contribution is 5.57. The number of nitrogens with zero attached hydrogens (tertiary/aromatic N) is 3. The van der Waals surface area contributed by atoms with Gasteiger partial charge in [-0.25, -0.2) is 9.89 Å². The Balaban J connectivity index is 3.17. The fourth-order valence-corrected chi connectivity index (χ4v) is 0.855. The Bertz CT molecular complexity index is 396. The summed E-state index contributed by atoms with van der Waals surface area (Å²) in [6.07, 6.45) is 6.79. The minimum absolute atomic E-state index is 0.369. The van der Waals surface area contributed by atoms with Gasteiger partial charge >= 0.3 is 5.69 Å². The standard InChI is InChI=1S/C8H10N4O/c1-3-5-7(6-4-2)12-8(13)9-10-11-12/h3-6H,1H2,2H3,(H,9,11,13)/b6-4-,7-5+. The molecule has 0 saturated carbocycles. The minimum atomic E-state index is -0.369. The van der Waals surface area contributed by atoms with Crippen LogP contribution in [-0.4, -0.2) is 20.2 Å². The Morgan fingerprint density at radius 1 is 1.69 bits per heavy atom. The van der Waals surface area contributed by atoms with E-state index < -0.39 is 0 Å². The van der Waals surface area contributed by atoms with Gasteiger partial charge in [0.25, 0.3) is 0 Å². The van der Waals surface area contributed by atoms with Crippen molar-refractivity contribution in [3.63, 3.8) is 0 Å². The quantitative estimate of drug-likeness (QED) is 0.688. The third-order valence-electron chi connectivity index (χ3n) is 1.34. The van der Waals surface area contributed by atoms with Crippen molar-refractivity contribution in [2.24, 2.45) is 0 Å². The van der Waals surface area contributed by atoms with Crippen molar-refractivity contribution in [2.45, 2.75) is 6.92 Å². The number of hydrogen-bond acceptors (Lipinski definition) is 3. The summed E-state index contributed by atoms with van der Waals surface area (Å²) in [5, 5.41) is 9.16. The molecule has 0 fully saturated rings. The van der Waals surface area contributed by atoms with Crippen LogP contribution in [0.2, 0.25) is 0 Å². The maximum absolute atomic E-state index is 11.1. The maximum Gasteiger partial charge on any atom is 0.365 e. The first-order chi connectivity index (χ1) is 6.29. The van der Waals surface area contributed by atoms with E-state index in [0.29, 0.717) is 5.70 Å². The number of rotatable bonds is 3. The second-order valence-corrected chi connectivity index (χ2v) is 2.25. The highest BCUT2D eigenvalue weighted by Crippen LogP contribution is 1.99. The van der Waals surface area contributed by atoms with Gasteiger partial charge in [-0.2, -0.15) is 4.68 Å². The first-order valence-corrected chi connectivity index (χ1v) is 3.75. The Hall–Kier alpha value is -1.91. The van der Waals surface area contributed by atoms with Crippen LogP contribution in [0.25, 0.3) is 5.70 Å². The van der Waals surface area contributed by atoms with Crippen LogP contribution >= 0.6 is 0 Å². The van der Waals surface area contributed by atoms with Crippen LogP contribution in [-0.2, 0) is 0 Å². The number of hydrogen-bond donors (Lipinski definition) is 1. The molecule has 0 amide bonds. The van der Waals surface area contributed by atoms with Crippen molar-refractivity contribution in [3.8, 4) is 0 Å². The molecule has 0 aliphatic rings. The Kier molecular flexibility index (Phi) is 2.97. The molecule has 1 heterocycles. The van der Waals surface area contributed by atoms with E-state index in [2.05, 4.69) is 22.1 Å². The molecule has 1 aromatic heterocycles. The van der Waals surface area contributed by atoms with E-state index >= 15 is 0 Å². The van der Waals surface area contributed by atoms with Crippen LogP contribution < -0.4 is 5.69 Å². The van der Waals surface area contributed by atoms with Crippen LogP contribution in [0.4, 0.5) is 0 Å². The molecule has 0 aromatic carbocycles. The van der Waals surface area contributed by atoms with E-state index in [1.54, 1.807) is 24.3 Å². The Morgan fingerprint density at radius 3 is 2.92 bits per heavy atom. The van der Waals surface area contributed by atoms with E-state index in [1.807, 2.05) is 6.92 Å². The molecule has 0 saturated heterocycles. The number of aromatic nitrogens is 4. The SMILES string of the molecule is C=C/C=C(\C=C/C)n1nn[nH]c1=O. The molecule has 1 aromatic rings. The van der Waals surface area contributed by atoms with Gasteiger partial charge in [0.2, 0.25) is 0 Å². The Labute approximate surface area is 75.1 Å². The van der Waals surface area contributed by atoms with Gasteiger partial charge in [0.1, 0.15) is 0 Å². The van der Waals surface area contributed by atoms with Crippen LogP contribution in [0.3, 0.4) is 0 Å². The van der Waals surface area contributed by atoms with Crippen molar-refractivity contribution in [1.82, 2.24) is 20.2 Å². The smallest absolute Gasteiger partial charge is 0.244 e. The third kappa shape index (κ3) is 2.02. The summed E-state index contributed by atoms with van der Waals surface area (Å²) in [4.78, 5) is 11.1. The summed E-state index contributed by atoms with van der Waals surface area (Å²) in [5.74, 6) is 0. The summed E-state index contributed by atoms with van der Waals surface area (Å²) in [5.41, 5.74) is 0.252. The first kappa shape index (κ1) is 9.18. The molecule has 0 radical (unpaired) electrons. The van der Waals surface area contributed by atoms with Crippen LogP contribution in [0.5, 0.6) is 0 Å². The minimum Gasteiger partial charge on any atom is -0.244 e. The highest BCUT2D eigenvalue weighted by atomic mass is 16.2. The molecule has 0 spiro atoms. The van der Waals surface area contributed by atoms with Gasteiger partial charge < -0.3 is 0 Å². The molecular weight excluding hydrogens is 168 g/mol. The van der Waals surface area contributed by atoms with Crippen LogP contribution in [0.15, 0.2) is 35.7 Å². The lowest BCUT2D eigenvalue weighted by atomic mass is 10.3. The van der Waals surface area contributed by atoms with Crippen molar-refractivity contribution < 1.29 is 0 Å². The Morgan fingerprint density at radius 2 is 2.46 bits per heavy atom. The lowest BCUT2D eigenvalue weighted by Crippen LogP contribution is -2.16. The molecule has 1 N–H and O–H groups in total. The van der Waals surface area contributed by atoms with Gasteiger partial charge in [-0.3, -0.25) is 0 Å². The van der Waals surface area contributed by atoms with Crippen molar-refractivity contribution in [1.29, 1.82) is 0 Å². The van der Waals surface area contributed by atoms with Gasteiger partial charge in [-0.1, -0.05) is 18.7 Å². The summed E-state index contributed by atoms with van der Waals surface area (Å²) in [7, 11) is 0. The second kappa shape index (κ2) is 4.20. The summed E-state index contributed by atoms with van der Waals surface area (Å²) in [6, 6.07) is 0. The predicted molar refractivity (Wildman–Crippen MR) is 49.9 cm³/mol. The van der Waals surface area contributed by atoms with E-state index in [4.69, 9.17) is 0 Å². The number of H-pyrrole nitrogens is 1. The number of allylic oxidation sites excluding steroid dienone is 5. The van der Waals surface area contributed by atoms with Crippen molar-refractivity contribution >= 4 is 5.70 Å². The fraction of sp³-hybridized carbons (Fsp3) is 0.125. The molecule has 5 nitrogen and oxygen atoms in total. The summed E-state index contributed by atoms with van der Waals surface area (Å²) in [6.45, 7) is 5.39. The monoisotopic (exact) mass is 178 g/mol. The highest BCUT2D eigenvalue weighted by Gasteiger charge is 2.00. The largest absolute Gasteiger partial charge is 0.365 e. The average Bonchev–Trinajstić information content (AvgIpc) is 2.51.